The van der Waals surface area contributed by atoms with E-state index in [1.165, 1.54) is 24.1 Å². The Balaban J connectivity index is 1.70. The number of carbonyl (C=O) groups excluding carboxylic acids is 2. The third kappa shape index (κ3) is 4.53. The zero-order valence-corrected chi connectivity index (χ0v) is 16.8. The molecule has 2 heterocycles. The van der Waals surface area contributed by atoms with Crippen LogP contribution in [0.3, 0.4) is 0 Å². The molecule has 2 saturated heterocycles. The molecule has 0 bridgehead atoms. The number of hydrogen-bond donors (Lipinski definition) is 1. The van der Waals surface area contributed by atoms with E-state index in [1.54, 1.807) is 21.9 Å². The van der Waals surface area contributed by atoms with Crippen molar-refractivity contribution in [3.8, 4) is 6.07 Å². The first-order valence-electron chi connectivity index (χ1n) is 9.96. The van der Waals surface area contributed by atoms with Gasteiger partial charge >= 0.3 is 6.09 Å². The number of carbonyl (C=O) groups is 3. The summed E-state index contributed by atoms with van der Waals surface area (Å²) in [5, 5.41) is 18.1. The molecule has 30 heavy (non-hydrogen) atoms. The minimum absolute atomic E-state index is 0.0456. The van der Waals surface area contributed by atoms with E-state index >= 15 is 0 Å². The highest BCUT2D eigenvalue weighted by atomic mass is 19.1. The number of halogens is 1. The number of likely N-dealkylation sites (N-methyl/N-ethyl adjacent to an activating group) is 1. The average Bonchev–Trinajstić information content (AvgIpc) is 3.18. The minimum Gasteiger partial charge on any atom is -0.465 e. The van der Waals surface area contributed by atoms with Crippen molar-refractivity contribution in [1.29, 1.82) is 5.26 Å². The molecule has 2 fully saturated rings. The molecular formula is C21H25FN4O4. The second kappa shape index (κ2) is 9.11. The maximum absolute atomic E-state index is 13.3. The van der Waals surface area contributed by atoms with Gasteiger partial charge < -0.3 is 19.8 Å². The first-order valence-corrected chi connectivity index (χ1v) is 9.96. The molecule has 8 nitrogen and oxygen atoms in total. The SMILES string of the molecule is CN(C(=O)O)[C@@H]1CN(C(=O)C2CCN(C(=O)CC#N)CC2)C[C@H]1c1ccc(F)cc1. The van der Waals surface area contributed by atoms with Crippen LogP contribution in [0, 0.1) is 23.1 Å². The van der Waals surface area contributed by atoms with E-state index < -0.39 is 12.1 Å². The molecular weight excluding hydrogens is 391 g/mol. The van der Waals surface area contributed by atoms with E-state index in [2.05, 4.69) is 0 Å². The summed E-state index contributed by atoms with van der Waals surface area (Å²) >= 11 is 0. The zero-order chi connectivity index (χ0) is 21.8. The van der Waals surface area contributed by atoms with Gasteiger partial charge in [-0.1, -0.05) is 12.1 Å². The van der Waals surface area contributed by atoms with Crippen molar-refractivity contribution in [2.45, 2.75) is 31.2 Å². The van der Waals surface area contributed by atoms with Crippen LogP contribution in [0.4, 0.5) is 9.18 Å². The van der Waals surface area contributed by atoms with Crippen LogP contribution in [0.15, 0.2) is 24.3 Å². The van der Waals surface area contributed by atoms with Crippen LogP contribution >= 0.6 is 0 Å². The summed E-state index contributed by atoms with van der Waals surface area (Å²) in [4.78, 5) is 41.0. The lowest BCUT2D eigenvalue weighted by Crippen LogP contribution is -2.45. The largest absolute Gasteiger partial charge is 0.465 e. The number of likely N-dealkylation sites (tertiary alicyclic amines) is 2. The first-order chi connectivity index (χ1) is 14.3. The number of nitrogens with zero attached hydrogens (tertiary/aromatic N) is 4. The standard InChI is InChI=1S/C21H25FN4O4/c1-24(21(29)30)18-13-26(12-17(18)14-2-4-16(22)5-3-14)20(28)15-7-10-25(11-8-15)19(27)6-9-23/h2-5,15,17-18H,6-8,10-13H2,1H3,(H,29,30)/t17-,18+/m0/s1. The van der Waals surface area contributed by atoms with E-state index in [-0.39, 0.29) is 42.4 Å². The molecule has 0 aromatic heterocycles. The molecule has 2 aliphatic rings. The Bertz CT molecular complexity index is 846. The lowest BCUT2D eigenvalue weighted by Gasteiger charge is -2.33. The first kappa shape index (κ1) is 21.6. The predicted octanol–water partition coefficient (Wildman–Crippen LogP) is 1.88. The summed E-state index contributed by atoms with van der Waals surface area (Å²) in [5.41, 5.74) is 0.793. The number of carboxylic acid groups (broad SMARTS) is 1. The van der Waals surface area contributed by atoms with Gasteiger partial charge in [0.15, 0.2) is 0 Å². The fourth-order valence-electron chi connectivity index (χ4n) is 4.35. The number of benzene rings is 1. The molecule has 1 aromatic carbocycles. The number of nitriles is 1. The van der Waals surface area contributed by atoms with E-state index in [1.807, 2.05) is 6.07 Å². The number of rotatable bonds is 4. The van der Waals surface area contributed by atoms with Gasteiger partial charge in [0.2, 0.25) is 11.8 Å². The Kier molecular flexibility index (Phi) is 6.55. The summed E-state index contributed by atoms with van der Waals surface area (Å²) in [7, 11) is 1.48. The van der Waals surface area contributed by atoms with Crippen molar-refractivity contribution in [1.82, 2.24) is 14.7 Å². The number of hydrogen-bond acceptors (Lipinski definition) is 4. The van der Waals surface area contributed by atoms with Crippen molar-refractivity contribution in [2.24, 2.45) is 5.92 Å². The predicted molar refractivity (Wildman–Crippen MR) is 105 cm³/mol. The Morgan fingerprint density at radius 3 is 2.37 bits per heavy atom. The van der Waals surface area contributed by atoms with Crippen LogP contribution in [0.1, 0.15) is 30.7 Å². The summed E-state index contributed by atoms with van der Waals surface area (Å²) < 4.78 is 13.3. The molecule has 1 aromatic rings. The normalized spacial score (nSPS) is 21.9. The molecule has 2 atom stereocenters. The van der Waals surface area contributed by atoms with Gasteiger partial charge in [-0.2, -0.15) is 5.26 Å². The van der Waals surface area contributed by atoms with Crippen molar-refractivity contribution in [3.05, 3.63) is 35.6 Å². The molecule has 3 rings (SSSR count). The van der Waals surface area contributed by atoms with E-state index in [4.69, 9.17) is 5.26 Å². The molecule has 160 valence electrons. The Morgan fingerprint density at radius 1 is 1.17 bits per heavy atom. The van der Waals surface area contributed by atoms with Crippen LogP contribution in [-0.4, -0.2) is 77.0 Å². The highest BCUT2D eigenvalue weighted by Crippen LogP contribution is 2.33. The second-order valence-electron chi connectivity index (χ2n) is 7.85. The van der Waals surface area contributed by atoms with Crippen LogP contribution in [0.25, 0.3) is 0 Å². The topological polar surface area (TPSA) is 105 Å². The van der Waals surface area contributed by atoms with Crippen LogP contribution in [0.5, 0.6) is 0 Å². The highest BCUT2D eigenvalue weighted by molar-refractivity contribution is 5.81. The quantitative estimate of drug-likeness (QED) is 0.807. The van der Waals surface area contributed by atoms with E-state index in [9.17, 15) is 23.9 Å². The fourth-order valence-corrected chi connectivity index (χ4v) is 4.35. The molecule has 1 N–H and O–H groups in total. The molecule has 0 spiro atoms. The van der Waals surface area contributed by atoms with E-state index in [0.717, 1.165) is 5.56 Å². The maximum atomic E-state index is 13.3. The maximum Gasteiger partial charge on any atom is 0.407 e. The molecule has 2 aliphatic heterocycles. The molecule has 0 saturated carbocycles. The summed E-state index contributed by atoms with van der Waals surface area (Å²) in [6, 6.07) is 7.37. The Hall–Kier alpha value is -3.15. The third-order valence-electron chi connectivity index (χ3n) is 6.13. The second-order valence-corrected chi connectivity index (χ2v) is 7.85. The molecule has 0 unspecified atom stereocenters. The van der Waals surface area contributed by atoms with Gasteiger partial charge in [-0.25, -0.2) is 9.18 Å². The monoisotopic (exact) mass is 416 g/mol. The lowest BCUT2D eigenvalue weighted by molar-refractivity contribution is -0.139. The minimum atomic E-state index is -1.08. The zero-order valence-electron chi connectivity index (χ0n) is 16.8. The van der Waals surface area contributed by atoms with Gasteiger partial charge in [-0.05, 0) is 30.5 Å². The van der Waals surface area contributed by atoms with Crippen molar-refractivity contribution in [3.63, 3.8) is 0 Å². The van der Waals surface area contributed by atoms with Crippen molar-refractivity contribution >= 4 is 17.9 Å². The lowest BCUT2D eigenvalue weighted by atomic mass is 9.93. The van der Waals surface area contributed by atoms with Crippen molar-refractivity contribution in [2.75, 3.05) is 33.2 Å². The Morgan fingerprint density at radius 2 is 1.80 bits per heavy atom. The average molecular weight is 416 g/mol. The number of piperidine rings is 1. The molecule has 0 aliphatic carbocycles. The third-order valence-corrected chi connectivity index (χ3v) is 6.13. The highest BCUT2D eigenvalue weighted by Gasteiger charge is 2.42. The van der Waals surface area contributed by atoms with Gasteiger partial charge in [0.05, 0.1) is 12.1 Å². The van der Waals surface area contributed by atoms with Gasteiger partial charge in [-0.15, -0.1) is 0 Å². The summed E-state index contributed by atoms with van der Waals surface area (Å²) in [5.74, 6) is -1.11. The molecule has 9 heteroatoms. The molecule has 0 radical (unpaired) electrons. The van der Waals surface area contributed by atoms with E-state index in [0.29, 0.717) is 32.5 Å². The smallest absolute Gasteiger partial charge is 0.407 e. The summed E-state index contributed by atoms with van der Waals surface area (Å²) in [6.45, 7) is 1.51. The van der Waals surface area contributed by atoms with Crippen LogP contribution < -0.4 is 0 Å². The van der Waals surface area contributed by atoms with Gasteiger partial charge in [-0.3, -0.25) is 9.59 Å². The van der Waals surface area contributed by atoms with Crippen LogP contribution in [-0.2, 0) is 9.59 Å². The van der Waals surface area contributed by atoms with Gasteiger partial charge in [0, 0.05) is 45.1 Å². The van der Waals surface area contributed by atoms with Gasteiger partial charge in [0.25, 0.3) is 0 Å². The van der Waals surface area contributed by atoms with Gasteiger partial charge in [0.1, 0.15) is 12.2 Å². The summed E-state index contributed by atoms with van der Waals surface area (Å²) in [6.07, 6.45) is -0.195. The Labute approximate surface area is 174 Å². The fraction of sp³-hybridized carbons (Fsp3) is 0.524. The van der Waals surface area contributed by atoms with Crippen LogP contribution in [0.2, 0.25) is 0 Å². The molecule has 3 amide bonds. The van der Waals surface area contributed by atoms with Crippen molar-refractivity contribution < 1.29 is 23.9 Å². The number of amides is 3.